The molecule has 1 unspecified atom stereocenters. The highest BCUT2D eigenvalue weighted by molar-refractivity contribution is 14.0. The number of hydrogen-bond donors (Lipinski definition) is 2. The Kier molecular flexibility index (Phi) is 10.7. The molecule has 1 aliphatic carbocycles. The fourth-order valence-electron chi connectivity index (χ4n) is 2.33. The Morgan fingerprint density at radius 3 is 2.80 bits per heavy atom. The van der Waals surface area contributed by atoms with Gasteiger partial charge in [0.05, 0.1) is 13.2 Å². The molecule has 1 atom stereocenters. The number of aliphatic hydroxyl groups excluding tert-OH is 1. The second-order valence-corrected chi connectivity index (χ2v) is 6.58. The molecule has 0 aliphatic heterocycles. The average molecular weight is 482 g/mol. The molecule has 5 nitrogen and oxygen atoms in total. The first-order valence-corrected chi connectivity index (χ1v) is 8.99. The van der Waals surface area contributed by atoms with Crippen LogP contribution < -0.4 is 5.32 Å². The maximum Gasteiger partial charge on any atom is 0.193 e. The summed E-state index contributed by atoms with van der Waals surface area (Å²) < 4.78 is 5.68. The summed E-state index contributed by atoms with van der Waals surface area (Å²) in [6.07, 6.45) is 1.89. The van der Waals surface area contributed by atoms with Crippen LogP contribution in [0.15, 0.2) is 29.3 Å². The minimum atomic E-state index is -0.716. The van der Waals surface area contributed by atoms with Gasteiger partial charge in [-0.2, -0.15) is 0 Å². The molecule has 2 N–H and O–H groups in total. The van der Waals surface area contributed by atoms with Gasteiger partial charge in [-0.05, 0) is 31.7 Å². The van der Waals surface area contributed by atoms with Crippen LogP contribution in [0.4, 0.5) is 0 Å². The van der Waals surface area contributed by atoms with Crippen molar-refractivity contribution in [2.75, 3.05) is 39.9 Å². The van der Waals surface area contributed by atoms with Crippen LogP contribution >= 0.6 is 35.6 Å². The molecule has 142 valence electrons. The van der Waals surface area contributed by atoms with Crippen molar-refractivity contribution in [1.29, 1.82) is 0 Å². The fraction of sp³-hybridized carbons (Fsp3) is 0.611. The van der Waals surface area contributed by atoms with Crippen molar-refractivity contribution in [1.82, 2.24) is 10.2 Å². The summed E-state index contributed by atoms with van der Waals surface area (Å²) in [5.41, 5.74) is 0.703. The third-order valence-corrected chi connectivity index (χ3v) is 4.34. The molecule has 0 radical (unpaired) electrons. The molecule has 0 spiro atoms. The molecule has 0 bridgehead atoms. The van der Waals surface area contributed by atoms with Gasteiger partial charge in [0.15, 0.2) is 5.96 Å². The number of guanidine groups is 1. The Morgan fingerprint density at radius 1 is 1.44 bits per heavy atom. The van der Waals surface area contributed by atoms with E-state index in [1.54, 1.807) is 6.07 Å². The number of hydrogen-bond acceptors (Lipinski definition) is 3. The lowest BCUT2D eigenvalue weighted by atomic mass is 10.1. The molecule has 1 aromatic carbocycles. The van der Waals surface area contributed by atoms with Crippen molar-refractivity contribution in [2.24, 2.45) is 10.9 Å². The lowest BCUT2D eigenvalue weighted by Crippen LogP contribution is -2.40. The van der Waals surface area contributed by atoms with E-state index in [1.807, 2.05) is 37.1 Å². The Morgan fingerprint density at radius 2 is 2.16 bits per heavy atom. The van der Waals surface area contributed by atoms with E-state index in [0.717, 1.165) is 31.6 Å². The maximum atomic E-state index is 10.3. The molecule has 0 aromatic heterocycles. The lowest BCUT2D eigenvalue weighted by Gasteiger charge is -2.22. The van der Waals surface area contributed by atoms with E-state index in [0.29, 0.717) is 17.2 Å². The van der Waals surface area contributed by atoms with Crippen LogP contribution in [-0.4, -0.2) is 55.9 Å². The summed E-state index contributed by atoms with van der Waals surface area (Å²) in [5, 5.41) is 14.1. The number of ether oxygens (including phenoxy) is 1. The van der Waals surface area contributed by atoms with Gasteiger partial charge in [-0.25, -0.2) is 0 Å². The Hall–Kier alpha value is -0.570. The van der Waals surface area contributed by atoms with Crippen LogP contribution in [-0.2, 0) is 4.74 Å². The van der Waals surface area contributed by atoms with Gasteiger partial charge in [0, 0.05) is 37.3 Å². The van der Waals surface area contributed by atoms with Crippen LogP contribution in [0.2, 0.25) is 5.02 Å². The van der Waals surface area contributed by atoms with Gasteiger partial charge >= 0.3 is 0 Å². The monoisotopic (exact) mass is 481 g/mol. The number of benzene rings is 1. The summed E-state index contributed by atoms with van der Waals surface area (Å²) >= 11 is 6.12. The van der Waals surface area contributed by atoms with Crippen LogP contribution in [0, 0.1) is 5.92 Å². The van der Waals surface area contributed by atoms with Gasteiger partial charge in [0.1, 0.15) is 6.10 Å². The van der Waals surface area contributed by atoms with Crippen molar-refractivity contribution in [2.45, 2.75) is 25.9 Å². The van der Waals surface area contributed by atoms with E-state index in [4.69, 9.17) is 16.3 Å². The third kappa shape index (κ3) is 8.11. The average Bonchev–Trinajstić information content (AvgIpc) is 3.39. The summed E-state index contributed by atoms with van der Waals surface area (Å²) in [4.78, 5) is 6.55. The number of likely N-dealkylation sites (N-methyl/N-ethyl adjacent to an activating group) is 1. The number of halogens is 2. The molecule has 0 saturated heterocycles. The first-order chi connectivity index (χ1) is 11.6. The van der Waals surface area contributed by atoms with E-state index >= 15 is 0 Å². The van der Waals surface area contributed by atoms with Crippen molar-refractivity contribution in [3.63, 3.8) is 0 Å². The number of nitrogens with zero attached hydrogens (tertiary/aromatic N) is 2. The number of aliphatic imine (C=N–C) groups is 1. The molecule has 1 saturated carbocycles. The lowest BCUT2D eigenvalue weighted by molar-refractivity contribution is 0.115. The number of aliphatic hydroxyl groups is 1. The van der Waals surface area contributed by atoms with Gasteiger partial charge < -0.3 is 20.1 Å². The predicted octanol–water partition coefficient (Wildman–Crippen LogP) is 3.32. The van der Waals surface area contributed by atoms with E-state index in [-0.39, 0.29) is 30.5 Å². The largest absolute Gasteiger partial charge is 0.386 e. The van der Waals surface area contributed by atoms with Gasteiger partial charge in [-0.3, -0.25) is 4.99 Å². The SMILES string of the molecule is CCNC(=NCC(O)c1ccccc1Cl)N(C)CCOCC1CC1.I. The molecule has 25 heavy (non-hydrogen) atoms. The van der Waals surface area contributed by atoms with Gasteiger partial charge in [-0.15, -0.1) is 24.0 Å². The second-order valence-electron chi connectivity index (χ2n) is 6.17. The molecule has 1 fully saturated rings. The zero-order valence-electron chi connectivity index (χ0n) is 14.9. The summed E-state index contributed by atoms with van der Waals surface area (Å²) in [6, 6.07) is 7.31. The summed E-state index contributed by atoms with van der Waals surface area (Å²) in [7, 11) is 1.98. The van der Waals surface area contributed by atoms with E-state index in [2.05, 4.69) is 10.3 Å². The van der Waals surface area contributed by atoms with Crippen LogP contribution in [0.1, 0.15) is 31.4 Å². The van der Waals surface area contributed by atoms with E-state index < -0.39 is 6.10 Å². The Balaban J connectivity index is 0.00000312. The molecular weight excluding hydrogens is 453 g/mol. The Bertz CT molecular complexity index is 541. The van der Waals surface area contributed by atoms with E-state index in [1.165, 1.54) is 12.8 Å². The van der Waals surface area contributed by atoms with Crippen LogP contribution in [0.5, 0.6) is 0 Å². The van der Waals surface area contributed by atoms with Gasteiger partial charge in [0.25, 0.3) is 0 Å². The highest BCUT2D eigenvalue weighted by Crippen LogP contribution is 2.28. The zero-order valence-corrected chi connectivity index (χ0v) is 18.0. The van der Waals surface area contributed by atoms with Crippen LogP contribution in [0.25, 0.3) is 0 Å². The highest BCUT2D eigenvalue weighted by atomic mass is 127. The summed E-state index contributed by atoms with van der Waals surface area (Å²) in [5.74, 6) is 1.54. The quantitative estimate of drug-likeness (QED) is 0.246. The predicted molar refractivity (Wildman–Crippen MR) is 114 cm³/mol. The third-order valence-electron chi connectivity index (χ3n) is 4.00. The van der Waals surface area contributed by atoms with Crippen LogP contribution in [0.3, 0.4) is 0 Å². The first kappa shape index (κ1) is 22.5. The van der Waals surface area contributed by atoms with Crippen molar-refractivity contribution < 1.29 is 9.84 Å². The van der Waals surface area contributed by atoms with Crippen molar-refractivity contribution in [3.05, 3.63) is 34.9 Å². The molecule has 2 rings (SSSR count). The fourth-order valence-corrected chi connectivity index (χ4v) is 2.59. The number of rotatable bonds is 9. The van der Waals surface area contributed by atoms with Gasteiger partial charge in [0.2, 0.25) is 0 Å². The molecule has 1 aromatic rings. The van der Waals surface area contributed by atoms with Crippen molar-refractivity contribution >= 4 is 41.5 Å². The van der Waals surface area contributed by atoms with Gasteiger partial charge in [-0.1, -0.05) is 29.8 Å². The minimum absolute atomic E-state index is 0. The molecule has 0 heterocycles. The normalized spacial score (nSPS) is 15.4. The molecule has 0 amide bonds. The topological polar surface area (TPSA) is 57.1 Å². The first-order valence-electron chi connectivity index (χ1n) is 8.61. The standard InChI is InChI=1S/C18H28ClN3O2.HI/c1-3-20-18(22(2)10-11-24-13-14-8-9-14)21-12-17(23)15-6-4-5-7-16(15)19;/h4-7,14,17,23H,3,8-13H2,1-2H3,(H,20,21);1H. The van der Waals surface area contributed by atoms with Crippen molar-refractivity contribution in [3.8, 4) is 0 Å². The smallest absolute Gasteiger partial charge is 0.193 e. The maximum absolute atomic E-state index is 10.3. The molecular formula is C18H29ClIN3O2. The second kappa shape index (κ2) is 11.9. The Labute approximate surface area is 172 Å². The highest BCUT2D eigenvalue weighted by Gasteiger charge is 2.21. The minimum Gasteiger partial charge on any atom is -0.386 e. The summed E-state index contributed by atoms with van der Waals surface area (Å²) in [6.45, 7) is 5.38. The number of nitrogens with one attached hydrogen (secondary N) is 1. The molecule has 1 aliphatic rings. The zero-order chi connectivity index (χ0) is 17.4. The molecule has 7 heteroatoms. The van der Waals surface area contributed by atoms with E-state index in [9.17, 15) is 5.11 Å².